The van der Waals surface area contributed by atoms with Crippen LogP contribution in [-0.4, -0.2) is 65.2 Å². The van der Waals surface area contributed by atoms with Crippen LogP contribution >= 0.6 is 0 Å². The fraction of sp³-hybridized carbons (Fsp3) is 0.360. The zero-order chi connectivity index (χ0) is 24.0. The zero-order valence-corrected chi connectivity index (χ0v) is 19.5. The first-order chi connectivity index (χ1) is 15.8. The number of phenolic OH excluding ortho intramolecular Hbond substituents is 1. The number of carbonyl (C=O) groups is 1. The van der Waals surface area contributed by atoms with Crippen molar-refractivity contribution in [3.05, 3.63) is 53.1 Å². The number of aryl methyl sites for hydroxylation is 1. The van der Waals surface area contributed by atoms with Gasteiger partial charge in [0.1, 0.15) is 11.8 Å². The number of fused-ring (bicyclic) bond motifs is 1. The molecule has 172 valence electrons. The molecule has 0 saturated carbocycles. The van der Waals surface area contributed by atoms with Gasteiger partial charge in [0.25, 0.3) is 5.89 Å². The summed E-state index contributed by atoms with van der Waals surface area (Å²) in [6, 6.07) is 12.8. The number of aromatic hydroxyl groups is 1. The highest BCUT2D eigenvalue weighted by Crippen LogP contribution is 2.32. The number of rotatable bonds is 5. The molecule has 1 aromatic heterocycles. The Hall–Kier alpha value is -3.70. The number of hydrogen-bond acceptors (Lipinski definition) is 7. The molecule has 33 heavy (non-hydrogen) atoms. The van der Waals surface area contributed by atoms with Crippen molar-refractivity contribution < 1.29 is 14.4 Å². The van der Waals surface area contributed by atoms with E-state index < -0.39 is 0 Å². The lowest BCUT2D eigenvalue weighted by Crippen LogP contribution is -2.34. The van der Waals surface area contributed by atoms with Gasteiger partial charge in [-0.25, -0.2) is 0 Å². The molecule has 0 fully saturated rings. The first-order valence-electron chi connectivity index (χ1n) is 10.9. The molecule has 0 radical (unpaired) electrons. The van der Waals surface area contributed by atoms with E-state index in [0.717, 1.165) is 31.4 Å². The third kappa shape index (κ3) is 5.76. The summed E-state index contributed by atoms with van der Waals surface area (Å²) >= 11 is 0. The van der Waals surface area contributed by atoms with Gasteiger partial charge in [-0.15, -0.1) is 0 Å². The molecule has 0 unspecified atom stereocenters. The van der Waals surface area contributed by atoms with E-state index in [-0.39, 0.29) is 17.2 Å². The number of carbonyl (C=O) groups excluding carboxylic acids is 1. The number of likely N-dealkylation sites (N-methyl/N-ethyl adjacent to an activating group) is 2. The molecule has 3 aromatic rings. The van der Waals surface area contributed by atoms with E-state index in [2.05, 4.69) is 16.2 Å². The fourth-order valence-corrected chi connectivity index (χ4v) is 3.52. The maximum atomic E-state index is 11.0. The molecular formula is C25H29N5O3. The molecule has 8 heteroatoms. The second kappa shape index (κ2) is 10.7. The maximum absolute atomic E-state index is 11.0. The van der Waals surface area contributed by atoms with Gasteiger partial charge in [-0.1, -0.05) is 30.3 Å². The molecule has 0 bridgehead atoms. The molecule has 4 rings (SSSR count). The van der Waals surface area contributed by atoms with Crippen LogP contribution in [0.4, 0.5) is 0 Å². The summed E-state index contributed by atoms with van der Waals surface area (Å²) in [5.74, 6) is 0.999. The summed E-state index contributed by atoms with van der Waals surface area (Å²) in [7, 11) is 5.47. The SMILES string of the molecule is CCN(C)CC(=O)N(C)C.N#Cc1cc(-c2nc(-c3cccc4c3CCC4)no2)ccc1O. The van der Waals surface area contributed by atoms with Crippen molar-refractivity contribution in [1.82, 2.24) is 19.9 Å². The Morgan fingerprint density at radius 1 is 1.21 bits per heavy atom. The van der Waals surface area contributed by atoms with Crippen molar-refractivity contribution >= 4 is 5.91 Å². The molecule has 0 saturated heterocycles. The van der Waals surface area contributed by atoms with Crippen LogP contribution in [0.15, 0.2) is 40.9 Å². The number of benzene rings is 2. The highest BCUT2D eigenvalue weighted by atomic mass is 16.5. The molecular weight excluding hydrogens is 418 g/mol. The van der Waals surface area contributed by atoms with Crippen LogP contribution in [0, 0.1) is 11.3 Å². The summed E-state index contributed by atoms with van der Waals surface area (Å²) in [4.78, 5) is 19.0. The second-order valence-electron chi connectivity index (χ2n) is 8.18. The summed E-state index contributed by atoms with van der Waals surface area (Å²) < 4.78 is 5.35. The first-order valence-corrected chi connectivity index (χ1v) is 10.9. The van der Waals surface area contributed by atoms with Crippen LogP contribution in [0.1, 0.15) is 30.0 Å². The van der Waals surface area contributed by atoms with Gasteiger partial charge in [0.2, 0.25) is 11.7 Å². The lowest BCUT2D eigenvalue weighted by atomic mass is 10.0. The van der Waals surface area contributed by atoms with E-state index in [1.54, 1.807) is 31.1 Å². The number of nitriles is 1. The van der Waals surface area contributed by atoms with Crippen LogP contribution in [0.3, 0.4) is 0 Å². The highest BCUT2D eigenvalue weighted by Gasteiger charge is 2.19. The molecule has 1 heterocycles. The maximum Gasteiger partial charge on any atom is 0.258 e. The quantitative estimate of drug-likeness (QED) is 0.638. The first kappa shape index (κ1) is 24.0. The standard InChI is InChI=1S/C18H13N3O2.C7H16N2O/c19-10-13-9-12(7-8-16(13)22)18-20-17(21-23-18)15-6-2-4-11-3-1-5-14(11)15;1-5-9(4)6-7(10)8(2)3/h2,4,6-9,22H,1,3,5H2;5-6H2,1-4H3. The molecule has 1 aliphatic rings. The van der Waals surface area contributed by atoms with Gasteiger partial charge in [0.15, 0.2) is 0 Å². The highest BCUT2D eigenvalue weighted by molar-refractivity contribution is 5.77. The Bertz CT molecular complexity index is 1160. The molecule has 1 aliphatic carbocycles. The number of aromatic nitrogens is 2. The predicted molar refractivity (Wildman–Crippen MR) is 125 cm³/mol. The van der Waals surface area contributed by atoms with Gasteiger partial charge >= 0.3 is 0 Å². The van der Waals surface area contributed by atoms with E-state index >= 15 is 0 Å². The summed E-state index contributed by atoms with van der Waals surface area (Å²) in [5, 5.41) is 22.7. The molecule has 8 nitrogen and oxygen atoms in total. The average molecular weight is 448 g/mol. The number of amides is 1. The van der Waals surface area contributed by atoms with Crippen LogP contribution < -0.4 is 0 Å². The van der Waals surface area contributed by atoms with E-state index in [9.17, 15) is 9.90 Å². The summed E-state index contributed by atoms with van der Waals surface area (Å²) in [5.41, 5.74) is 4.45. The van der Waals surface area contributed by atoms with Crippen molar-refractivity contribution in [1.29, 1.82) is 5.26 Å². The molecule has 1 amide bonds. The monoisotopic (exact) mass is 447 g/mol. The number of hydrogen-bond donors (Lipinski definition) is 1. The normalized spacial score (nSPS) is 12.0. The summed E-state index contributed by atoms with van der Waals surface area (Å²) in [6.07, 6.45) is 3.28. The summed E-state index contributed by atoms with van der Waals surface area (Å²) in [6.45, 7) is 3.46. The lowest BCUT2D eigenvalue weighted by Gasteiger charge is -2.16. The van der Waals surface area contributed by atoms with Crippen molar-refractivity contribution in [2.75, 3.05) is 34.2 Å². The number of phenols is 1. The average Bonchev–Trinajstić information content (AvgIpc) is 3.49. The molecule has 0 atom stereocenters. The van der Waals surface area contributed by atoms with Crippen molar-refractivity contribution in [3.63, 3.8) is 0 Å². The lowest BCUT2D eigenvalue weighted by molar-refractivity contribution is -0.129. The van der Waals surface area contributed by atoms with E-state index in [1.807, 2.05) is 37.1 Å². The Morgan fingerprint density at radius 3 is 2.70 bits per heavy atom. The van der Waals surface area contributed by atoms with E-state index in [1.165, 1.54) is 17.2 Å². The third-order valence-electron chi connectivity index (χ3n) is 5.62. The molecule has 2 aromatic carbocycles. The molecule has 0 spiro atoms. The van der Waals surface area contributed by atoms with Gasteiger partial charge in [-0.05, 0) is 62.2 Å². The Labute approximate surface area is 194 Å². The fourth-order valence-electron chi connectivity index (χ4n) is 3.52. The van der Waals surface area contributed by atoms with Gasteiger partial charge in [0, 0.05) is 25.2 Å². The minimum Gasteiger partial charge on any atom is -0.507 e. The van der Waals surface area contributed by atoms with Gasteiger partial charge in [0.05, 0.1) is 12.1 Å². The van der Waals surface area contributed by atoms with Crippen LogP contribution in [0.2, 0.25) is 0 Å². The molecule has 1 N–H and O–H groups in total. The number of nitrogens with zero attached hydrogens (tertiary/aromatic N) is 5. The Kier molecular flexibility index (Phi) is 7.80. The zero-order valence-electron chi connectivity index (χ0n) is 19.5. The third-order valence-corrected chi connectivity index (χ3v) is 5.62. The van der Waals surface area contributed by atoms with Gasteiger partial charge < -0.3 is 14.5 Å². The van der Waals surface area contributed by atoms with Crippen molar-refractivity contribution in [2.24, 2.45) is 0 Å². The Morgan fingerprint density at radius 2 is 2.00 bits per heavy atom. The van der Waals surface area contributed by atoms with Crippen LogP contribution in [0.25, 0.3) is 22.8 Å². The minimum absolute atomic E-state index is 0.0585. The second-order valence-corrected chi connectivity index (χ2v) is 8.18. The van der Waals surface area contributed by atoms with E-state index in [0.29, 0.717) is 23.8 Å². The van der Waals surface area contributed by atoms with Gasteiger partial charge in [-0.2, -0.15) is 10.2 Å². The largest absolute Gasteiger partial charge is 0.507 e. The van der Waals surface area contributed by atoms with Crippen LogP contribution in [-0.2, 0) is 17.6 Å². The van der Waals surface area contributed by atoms with Crippen molar-refractivity contribution in [3.8, 4) is 34.7 Å². The van der Waals surface area contributed by atoms with E-state index in [4.69, 9.17) is 9.78 Å². The topological polar surface area (TPSA) is 106 Å². The van der Waals surface area contributed by atoms with Gasteiger partial charge in [-0.3, -0.25) is 9.69 Å². The Balaban J connectivity index is 0.000000262. The van der Waals surface area contributed by atoms with Crippen molar-refractivity contribution in [2.45, 2.75) is 26.2 Å². The smallest absolute Gasteiger partial charge is 0.258 e. The van der Waals surface area contributed by atoms with Crippen LogP contribution in [0.5, 0.6) is 5.75 Å². The minimum atomic E-state index is -0.0585. The predicted octanol–water partition coefficient (Wildman–Crippen LogP) is 3.50. The molecule has 0 aliphatic heterocycles.